The van der Waals surface area contributed by atoms with Crippen molar-refractivity contribution in [3.63, 3.8) is 0 Å². The highest BCUT2D eigenvalue weighted by molar-refractivity contribution is 5.81. The molecule has 0 fully saturated rings. The Labute approximate surface area is 109 Å². The molecule has 1 rings (SSSR count). The molecule has 1 aromatic rings. The fraction of sp³-hybridized carbons (Fsp3) is 0.417. The molecule has 1 unspecified atom stereocenters. The Morgan fingerprint density at radius 3 is 2.42 bits per heavy atom. The molecule has 1 aromatic carbocycles. The largest absolute Gasteiger partial charge is 0.508 e. The Bertz CT molecular complexity index is 412. The van der Waals surface area contributed by atoms with E-state index in [2.05, 4.69) is 5.32 Å². The third-order valence-corrected chi connectivity index (χ3v) is 2.51. The van der Waals surface area contributed by atoms with Gasteiger partial charge >= 0.3 is 0 Å². The summed E-state index contributed by atoms with van der Waals surface area (Å²) in [7, 11) is 0. The van der Waals surface area contributed by atoms with Crippen molar-refractivity contribution in [1.82, 2.24) is 5.32 Å². The fourth-order valence-electron chi connectivity index (χ4n) is 1.40. The highest BCUT2D eigenvalue weighted by Crippen LogP contribution is 2.10. The lowest BCUT2D eigenvalue weighted by atomic mass is 10.1. The zero-order chi connectivity index (χ0) is 14.4. The highest BCUT2D eigenvalue weighted by atomic mass is 19.3. The van der Waals surface area contributed by atoms with Crippen LogP contribution < -0.4 is 11.1 Å². The van der Waals surface area contributed by atoms with E-state index in [1.165, 1.54) is 12.1 Å². The molecule has 0 aromatic heterocycles. The number of carbonyl (C=O) groups excluding carboxylic acids is 1. The summed E-state index contributed by atoms with van der Waals surface area (Å²) in [4.78, 5) is 11.5. The minimum atomic E-state index is -2.91. The number of aromatic hydroxyl groups is 1. The Balaban J connectivity index is 2.42. The average molecular weight is 274 g/mol. The molecule has 0 aliphatic carbocycles. The van der Waals surface area contributed by atoms with E-state index in [0.29, 0.717) is 0 Å². The second-order valence-corrected chi connectivity index (χ2v) is 4.12. The van der Waals surface area contributed by atoms with Crippen LogP contribution in [0.3, 0.4) is 0 Å². The lowest BCUT2D eigenvalue weighted by molar-refractivity contribution is -0.123. The van der Waals surface area contributed by atoms with Crippen LogP contribution in [0.4, 0.5) is 8.78 Å². The first-order valence-electron chi connectivity index (χ1n) is 5.67. The van der Waals surface area contributed by atoms with Crippen LogP contribution in [0.25, 0.3) is 0 Å². The Hall–Kier alpha value is -1.73. The van der Waals surface area contributed by atoms with E-state index in [4.69, 9.17) is 15.9 Å². The van der Waals surface area contributed by atoms with Gasteiger partial charge in [-0.25, -0.2) is 8.78 Å². The number of rotatable bonds is 6. The molecule has 0 aliphatic heterocycles. The number of alkyl halides is 2. The Morgan fingerprint density at radius 2 is 1.89 bits per heavy atom. The number of benzene rings is 1. The number of halogens is 2. The maximum atomic E-state index is 12.0. The van der Waals surface area contributed by atoms with Crippen molar-refractivity contribution in [1.29, 1.82) is 0 Å². The monoisotopic (exact) mass is 274 g/mol. The maximum Gasteiger partial charge on any atom is 0.265 e. The first-order chi connectivity index (χ1) is 8.90. The van der Waals surface area contributed by atoms with Crippen molar-refractivity contribution in [2.24, 2.45) is 5.73 Å². The molecule has 5 N–H and O–H groups in total. The van der Waals surface area contributed by atoms with Gasteiger partial charge in [0.2, 0.25) is 5.91 Å². The molecule has 0 spiro atoms. The van der Waals surface area contributed by atoms with Gasteiger partial charge in [0.25, 0.3) is 6.43 Å². The van der Waals surface area contributed by atoms with E-state index in [9.17, 15) is 13.6 Å². The number of amides is 1. The summed E-state index contributed by atoms with van der Waals surface area (Å²) in [5, 5.41) is 20.1. The van der Waals surface area contributed by atoms with Gasteiger partial charge in [-0.3, -0.25) is 4.79 Å². The van der Waals surface area contributed by atoms with Gasteiger partial charge in [0, 0.05) is 6.54 Å². The summed E-state index contributed by atoms with van der Waals surface area (Å²) in [5.74, 6) is -0.519. The first kappa shape index (κ1) is 15.3. The van der Waals surface area contributed by atoms with Crippen LogP contribution in [0.1, 0.15) is 5.56 Å². The number of hydrogen-bond acceptors (Lipinski definition) is 4. The molecule has 1 amide bonds. The summed E-state index contributed by atoms with van der Waals surface area (Å²) in [6.45, 7) is -0.542. The highest BCUT2D eigenvalue weighted by Gasteiger charge is 2.20. The molecule has 0 heterocycles. The predicted molar refractivity (Wildman–Crippen MR) is 64.8 cm³/mol. The minimum absolute atomic E-state index is 0.0989. The number of carbonyl (C=O) groups is 1. The molecule has 0 aliphatic rings. The number of nitrogens with one attached hydrogen (secondary N) is 1. The summed E-state index contributed by atoms with van der Waals surface area (Å²) >= 11 is 0. The third kappa shape index (κ3) is 5.19. The van der Waals surface area contributed by atoms with Gasteiger partial charge < -0.3 is 21.3 Å². The number of aliphatic hydroxyl groups excluding tert-OH is 1. The van der Waals surface area contributed by atoms with Crippen molar-refractivity contribution in [3.05, 3.63) is 29.8 Å². The second-order valence-electron chi connectivity index (χ2n) is 4.12. The zero-order valence-corrected chi connectivity index (χ0v) is 10.1. The van der Waals surface area contributed by atoms with Gasteiger partial charge in [-0.15, -0.1) is 0 Å². The maximum absolute atomic E-state index is 12.0. The molecule has 2 atom stereocenters. The lowest BCUT2D eigenvalue weighted by Gasteiger charge is -2.14. The van der Waals surface area contributed by atoms with Crippen LogP contribution in [-0.4, -0.2) is 41.2 Å². The third-order valence-electron chi connectivity index (χ3n) is 2.51. The molecule has 5 nitrogen and oxygen atoms in total. The second kappa shape index (κ2) is 7.01. The number of nitrogens with two attached hydrogens (primary N) is 1. The fourth-order valence-corrected chi connectivity index (χ4v) is 1.40. The van der Waals surface area contributed by atoms with Gasteiger partial charge in [-0.05, 0) is 24.1 Å². The first-order valence-corrected chi connectivity index (χ1v) is 5.67. The molecular formula is C12H16F2N2O3. The average Bonchev–Trinajstić information content (AvgIpc) is 2.37. The molecular weight excluding hydrogens is 258 g/mol. The minimum Gasteiger partial charge on any atom is -0.508 e. The quantitative estimate of drug-likeness (QED) is 0.587. The molecule has 0 bridgehead atoms. The van der Waals surface area contributed by atoms with E-state index < -0.39 is 31.0 Å². The van der Waals surface area contributed by atoms with Crippen LogP contribution in [-0.2, 0) is 11.2 Å². The van der Waals surface area contributed by atoms with Crippen molar-refractivity contribution in [2.75, 3.05) is 6.54 Å². The summed E-state index contributed by atoms with van der Waals surface area (Å²) in [6.07, 6.45) is -4.60. The van der Waals surface area contributed by atoms with Crippen molar-refractivity contribution in [3.8, 4) is 5.75 Å². The Morgan fingerprint density at radius 1 is 1.32 bits per heavy atom. The normalized spacial score (nSPS) is 14.2. The van der Waals surface area contributed by atoms with E-state index in [1.807, 2.05) is 0 Å². The van der Waals surface area contributed by atoms with E-state index >= 15 is 0 Å². The molecule has 0 radical (unpaired) electrons. The van der Waals surface area contributed by atoms with Crippen LogP contribution >= 0.6 is 0 Å². The summed E-state index contributed by atoms with van der Waals surface area (Å²) in [6, 6.07) is 5.22. The number of aliphatic hydroxyl groups is 1. The van der Waals surface area contributed by atoms with Gasteiger partial charge in [-0.2, -0.15) is 0 Å². The molecule has 0 saturated heterocycles. The van der Waals surface area contributed by atoms with Crippen LogP contribution in [0.5, 0.6) is 5.75 Å². The van der Waals surface area contributed by atoms with Gasteiger partial charge in [0.15, 0.2) is 0 Å². The number of hydrogen-bond donors (Lipinski definition) is 4. The Kier molecular flexibility index (Phi) is 5.65. The summed E-state index contributed by atoms with van der Waals surface area (Å²) in [5.41, 5.74) is 6.34. The van der Waals surface area contributed by atoms with Crippen LogP contribution in [0, 0.1) is 0 Å². The zero-order valence-electron chi connectivity index (χ0n) is 10.1. The van der Waals surface area contributed by atoms with Gasteiger partial charge in [0.1, 0.15) is 11.9 Å². The molecule has 0 saturated carbocycles. The topological polar surface area (TPSA) is 95.6 Å². The molecule has 19 heavy (non-hydrogen) atoms. The lowest BCUT2D eigenvalue weighted by Crippen LogP contribution is -2.45. The van der Waals surface area contributed by atoms with Crippen molar-refractivity contribution < 1.29 is 23.8 Å². The van der Waals surface area contributed by atoms with Gasteiger partial charge in [0.05, 0.1) is 6.04 Å². The van der Waals surface area contributed by atoms with E-state index in [0.717, 1.165) is 5.56 Å². The SMILES string of the molecule is N[C@H](Cc1ccc(O)cc1)C(=O)NCC(O)C(F)F. The van der Waals surface area contributed by atoms with Gasteiger partial charge in [-0.1, -0.05) is 12.1 Å². The van der Waals surface area contributed by atoms with Crippen molar-refractivity contribution in [2.45, 2.75) is 25.0 Å². The van der Waals surface area contributed by atoms with Crippen molar-refractivity contribution >= 4 is 5.91 Å². The van der Waals surface area contributed by atoms with E-state index in [-0.39, 0.29) is 12.2 Å². The molecule has 106 valence electrons. The predicted octanol–water partition coefficient (Wildman–Crippen LogP) is 0.00420. The van der Waals surface area contributed by atoms with Crippen LogP contribution in [0.2, 0.25) is 0 Å². The smallest absolute Gasteiger partial charge is 0.265 e. The summed E-state index contributed by atoms with van der Waals surface area (Å²) < 4.78 is 24.0. The number of phenolic OH excluding ortho intramolecular Hbond substituents is 1. The van der Waals surface area contributed by atoms with Crippen LogP contribution in [0.15, 0.2) is 24.3 Å². The molecule has 7 heteroatoms. The number of phenols is 1. The standard InChI is InChI=1S/C12H16F2N2O3/c13-11(14)10(18)6-16-12(19)9(15)5-7-1-3-8(17)4-2-7/h1-4,9-11,17-18H,5-6,15H2,(H,16,19)/t9-,10?/m1/s1. The van der Waals surface area contributed by atoms with E-state index in [1.54, 1.807) is 12.1 Å².